The highest BCUT2D eigenvalue weighted by Gasteiger charge is 2.22. The number of hydrogen-bond donors (Lipinski definition) is 5. The van der Waals surface area contributed by atoms with Gasteiger partial charge in [-0.1, -0.05) is 23.7 Å². The molecule has 0 aliphatic heterocycles. The summed E-state index contributed by atoms with van der Waals surface area (Å²) in [4.78, 5) is 5.62. The van der Waals surface area contributed by atoms with Gasteiger partial charge in [-0.05, 0) is 141 Å². The van der Waals surface area contributed by atoms with Crippen LogP contribution in [0.4, 0.5) is 45.5 Å². The van der Waals surface area contributed by atoms with Crippen molar-refractivity contribution in [3.8, 4) is 17.7 Å². The van der Waals surface area contributed by atoms with E-state index in [9.17, 15) is 54.4 Å². The lowest BCUT2D eigenvalue weighted by molar-refractivity contribution is 0.282. The van der Waals surface area contributed by atoms with Gasteiger partial charge < -0.3 is 14.9 Å². The zero-order valence-corrected chi connectivity index (χ0v) is 52.2. The van der Waals surface area contributed by atoms with Crippen molar-refractivity contribution in [2.45, 2.75) is 63.4 Å². The molecule has 0 fully saturated rings. The maximum absolute atomic E-state index is 11.6. The molecule has 0 unspecified atom stereocenters. The Morgan fingerprint density at radius 2 is 1.09 bits per heavy atom. The fourth-order valence-corrected chi connectivity index (χ4v) is 11.5. The van der Waals surface area contributed by atoms with E-state index in [1.54, 1.807) is 93.6 Å². The van der Waals surface area contributed by atoms with Gasteiger partial charge in [-0.15, -0.1) is 69.2 Å². The molecule has 0 atom stereocenters. The van der Waals surface area contributed by atoms with Crippen LogP contribution in [0, 0.1) is 39.0 Å². The number of benzene rings is 5. The largest absolute Gasteiger partial charge is 0.493 e. The Labute approximate surface area is 513 Å². The lowest BCUT2D eigenvalue weighted by Crippen LogP contribution is -2.08. The number of hydrogen-bond acceptors (Lipinski definition) is 27. The highest BCUT2D eigenvalue weighted by atomic mass is 35.5. The number of pyridine rings is 1. The van der Waals surface area contributed by atoms with E-state index in [2.05, 4.69) is 52.0 Å². The Morgan fingerprint density at radius 3 is 1.59 bits per heavy atom. The van der Waals surface area contributed by atoms with E-state index in [0.29, 0.717) is 76.5 Å². The normalized spacial score (nSPS) is 12.0. The Morgan fingerprint density at radius 1 is 0.621 bits per heavy atom. The number of nitrogens with zero attached hydrogens (tertiary/aromatic N) is 11. The summed E-state index contributed by atoms with van der Waals surface area (Å²) in [5.41, 5.74) is 6.14. The van der Waals surface area contributed by atoms with Crippen LogP contribution in [0.5, 0.6) is 11.6 Å². The molecule has 0 bridgehead atoms. The molecule has 0 aliphatic rings. The van der Waals surface area contributed by atoms with E-state index in [4.69, 9.17) is 41.6 Å². The molecular formula is C50H50ClN11O18S7. The van der Waals surface area contributed by atoms with Gasteiger partial charge in [0.05, 0.1) is 75.6 Å². The molecule has 37 heteroatoms. The molecule has 0 saturated carbocycles. The molecule has 0 radical (unpaired) electrons. The zero-order chi connectivity index (χ0) is 64.4. The predicted molar refractivity (Wildman–Crippen MR) is 321 cm³/mol. The smallest absolute Gasteiger partial charge is 0.425 e. The van der Waals surface area contributed by atoms with E-state index >= 15 is 0 Å². The minimum absolute atomic E-state index is 0.0493. The summed E-state index contributed by atoms with van der Waals surface area (Å²) in [6, 6.07) is 23.8. The van der Waals surface area contributed by atoms with Gasteiger partial charge in [0, 0.05) is 26.4 Å². The van der Waals surface area contributed by atoms with E-state index in [0.717, 1.165) is 0 Å². The minimum atomic E-state index is -4.33. The maximum Gasteiger partial charge on any atom is 0.425 e. The Kier molecular flexibility index (Phi) is 25.8. The standard InChI is InChI=1S/C50H50ClN11O12S5.2O3S/c1-29-19-41(58-61-48-32(4)36(27-52)49-53-37-12-11-33(28-63)22-44(37)62(49)50(48)64)45(74-13-6-16-77(65,66)67)24-38(29)56-59-42-21-31(3)40(26-47(42)76-15-8-18-79(71,72)73)57-60-43-20-30(2)39(55-54-35-10-5-9-34(51)23-35)25-46(43)75-14-7-17-78(68,69)70;2*1-4(2)3/h5,9-12,19-26,63-64H,6-8,13-18,28H2,1-4H3,(H,65,66,67)(H,68,69,70)(H,71,72,73);;. The van der Waals surface area contributed by atoms with Crippen LogP contribution in [0.1, 0.15) is 52.6 Å². The third-order valence-electron chi connectivity index (χ3n) is 11.5. The quantitative estimate of drug-likeness (QED) is 0.0162. The van der Waals surface area contributed by atoms with Crippen molar-refractivity contribution in [2.24, 2.45) is 40.9 Å². The zero-order valence-electron chi connectivity index (χ0n) is 45.8. The number of rotatable bonds is 24. The maximum atomic E-state index is 11.6. The summed E-state index contributed by atoms with van der Waals surface area (Å²) in [6.07, 6.45) is 0.0860. The number of aliphatic hydroxyl groups excluding tert-OH is 1. The molecule has 0 aliphatic carbocycles. The number of thioether (sulfide) groups is 2. The van der Waals surface area contributed by atoms with Crippen molar-refractivity contribution in [3.05, 3.63) is 117 Å². The summed E-state index contributed by atoms with van der Waals surface area (Å²) >= 11 is 8.63. The van der Waals surface area contributed by atoms with Crippen LogP contribution in [0.25, 0.3) is 16.7 Å². The van der Waals surface area contributed by atoms with Crippen LogP contribution >= 0.6 is 35.1 Å². The van der Waals surface area contributed by atoms with Crippen molar-refractivity contribution in [2.75, 3.05) is 35.4 Å². The first-order valence-electron chi connectivity index (χ1n) is 24.7. The SMILES string of the molecule is Cc1cc(N=Nc2cc(SCCCS(=O)(=O)O)c(N=Nc3cc(OCCCS(=O)(=O)O)c(N=Nc4c(C)c(C#N)c5nc6ccc(CO)cc6n5c4O)cc3C)cc2C)c(SCCCS(=O)(=O)O)cc1N=Nc1cccc(Cl)c1.O=S(=O)=O.O=S(=O)=O. The average Bonchev–Trinajstić information content (AvgIpc) is 1.66. The average molecular weight is 1350 g/mol. The van der Waals surface area contributed by atoms with Crippen LogP contribution in [0.2, 0.25) is 5.02 Å². The first-order valence-corrected chi connectivity index (χ1v) is 33.9. The van der Waals surface area contributed by atoms with Crippen LogP contribution in [-0.2, 0) is 58.2 Å². The molecule has 0 saturated heterocycles. The van der Waals surface area contributed by atoms with Crippen molar-refractivity contribution >= 4 is 149 Å². The van der Waals surface area contributed by atoms with Crippen molar-refractivity contribution in [1.82, 2.24) is 9.38 Å². The summed E-state index contributed by atoms with van der Waals surface area (Å²) in [5.74, 6) is -1.39. The lowest BCUT2D eigenvalue weighted by Gasteiger charge is -2.12. The van der Waals surface area contributed by atoms with Crippen molar-refractivity contribution in [1.29, 1.82) is 5.26 Å². The van der Waals surface area contributed by atoms with Gasteiger partial charge in [0.25, 0.3) is 30.4 Å². The van der Waals surface area contributed by atoms with E-state index in [-0.39, 0.29) is 83.6 Å². The summed E-state index contributed by atoms with van der Waals surface area (Å²) in [6.45, 7) is 6.34. The predicted octanol–water partition coefficient (Wildman–Crippen LogP) is 11.5. The number of imidazole rings is 1. The third-order valence-corrected chi connectivity index (χ3v) is 16.4. The van der Waals surface area contributed by atoms with Crippen LogP contribution < -0.4 is 4.74 Å². The Balaban J connectivity index is 0.00000162. The van der Waals surface area contributed by atoms with Gasteiger partial charge in [0.2, 0.25) is 5.88 Å². The van der Waals surface area contributed by atoms with Crippen molar-refractivity contribution < 1.29 is 79.1 Å². The molecule has 7 aromatic rings. The molecule has 2 heterocycles. The van der Waals surface area contributed by atoms with Gasteiger partial charge in [0.1, 0.15) is 23.1 Å². The molecule has 2 aromatic heterocycles. The number of fused-ring (bicyclic) bond motifs is 3. The van der Waals surface area contributed by atoms with Gasteiger partial charge >= 0.3 is 21.2 Å². The van der Waals surface area contributed by atoms with Gasteiger partial charge in [-0.25, -0.2) is 4.98 Å². The van der Waals surface area contributed by atoms with Crippen LogP contribution in [-0.4, -0.2) is 119 Å². The third kappa shape index (κ3) is 22.3. The second-order valence-corrected chi connectivity index (χ2v) is 26.3. The first kappa shape index (κ1) is 70.2. The van der Waals surface area contributed by atoms with Crippen LogP contribution in [0.3, 0.4) is 0 Å². The highest BCUT2D eigenvalue weighted by molar-refractivity contribution is 7.99. The number of nitriles is 1. The van der Waals surface area contributed by atoms with E-state index < -0.39 is 74.7 Å². The number of ether oxygens (including phenoxy) is 1. The second kappa shape index (κ2) is 31.9. The summed E-state index contributed by atoms with van der Waals surface area (Å²) in [5, 5.41) is 68.0. The fourth-order valence-electron chi connectivity index (χ4n) is 7.54. The molecule has 87 heavy (non-hydrogen) atoms. The molecule has 0 amide bonds. The van der Waals surface area contributed by atoms with Gasteiger partial charge in [0.15, 0.2) is 11.3 Å². The summed E-state index contributed by atoms with van der Waals surface area (Å²) in [7, 11) is -19.0. The fraction of sp³-hybridized carbons (Fsp3) is 0.280. The number of halogens is 1. The Hall–Kier alpha value is -7.54. The summed E-state index contributed by atoms with van der Waals surface area (Å²) < 4.78 is 155. The first-order chi connectivity index (χ1) is 40.9. The van der Waals surface area contributed by atoms with Crippen LogP contribution in [0.15, 0.2) is 130 Å². The monoisotopic (exact) mass is 1350 g/mol. The topological polar surface area (TPSA) is 455 Å². The molecule has 29 nitrogen and oxygen atoms in total. The highest BCUT2D eigenvalue weighted by Crippen LogP contribution is 2.44. The molecule has 5 N–H and O–H groups in total. The number of aliphatic hydroxyl groups is 1. The van der Waals surface area contributed by atoms with Gasteiger partial charge in [-0.3, -0.25) is 18.1 Å². The molecule has 0 spiro atoms. The van der Waals surface area contributed by atoms with E-state index in [1.165, 1.54) is 34.0 Å². The molecule has 7 rings (SSSR count). The van der Waals surface area contributed by atoms with Crippen molar-refractivity contribution in [3.63, 3.8) is 0 Å². The van der Waals surface area contributed by atoms with E-state index in [1.807, 2.05) is 6.92 Å². The molecule has 462 valence electrons. The molecular weight excluding hydrogens is 1300 g/mol. The number of aromatic hydroxyl groups is 1. The van der Waals surface area contributed by atoms with Gasteiger partial charge in [-0.2, -0.15) is 51.0 Å². The lowest BCUT2D eigenvalue weighted by atomic mass is 10.1. The second-order valence-electron chi connectivity index (χ2n) is 18.0. The number of aryl methyl sites for hydroxylation is 3. The Bertz CT molecular complexity index is 4470. The number of azo groups is 4. The minimum Gasteiger partial charge on any atom is -0.493 e. The molecule has 5 aromatic carbocycles. The number of aromatic nitrogens is 2.